The summed E-state index contributed by atoms with van der Waals surface area (Å²) in [4.78, 5) is 0. The Hall–Kier alpha value is -0.340. The largest absolute Gasteiger partial charge is 0.389 e. The van der Waals surface area contributed by atoms with E-state index in [1.54, 1.807) is 13.8 Å². The molecular formula is C9H19F3N2O2S. The Morgan fingerprint density at radius 1 is 1.29 bits per heavy atom. The van der Waals surface area contributed by atoms with Crippen LogP contribution >= 0.6 is 0 Å². The number of nitrogens with zero attached hydrogens (tertiary/aromatic N) is 1. The number of nitrogens with two attached hydrogens (primary N) is 1. The molecule has 0 radical (unpaired) electrons. The molecule has 0 aromatic heterocycles. The molecular weight excluding hydrogens is 257 g/mol. The summed E-state index contributed by atoms with van der Waals surface area (Å²) in [6, 6.07) is -0.297. The van der Waals surface area contributed by atoms with Crippen LogP contribution in [0.15, 0.2) is 0 Å². The van der Waals surface area contributed by atoms with Crippen molar-refractivity contribution in [3.63, 3.8) is 0 Å². The summed E-state index contributed by atoms with van der Waals surface area (Å²) in [7, 11) is -3.65. The lowest BCUT2D eigenvalue weighted by molar-refractivity contribution is -0.134. The predicted octanol–water partition coefficient (Wildman–Crippen LogP) is 1.33. The molecule has 4 nitrogen and oxygen atoms in total. The lowest BCUT2D eigenvalue weighted by Gasteiger charge is -2.25. The summed E-state index contributed by atoms with van der Waals surface area (Å²) in [5.41, 5.74) is 5.28. The van der Waals surface area contributed by atoms with Gasteiger partial charge in [-0.05, 0) is 20.3 Å². The van der Waals surface area contributed by atoms with Crippen molar-refractivity contribution < 1.29 is 21.6 Å². The van der Waals surface area contributed by atoms with Crippen molar-refractivity contribution in [3.05, 3.63) is 0 Å². The standard InChI is InChI=1S/C9H19F3N2O2S/c1-8(2)14(6-5-13)17(15,16)7-3-4-9(10,11)12/h8H,3-7,13H2,1-2H3. The Balaban J connectivity index is 4.44. The SMILES string of the molecule is CC(C)N(CCN)S(=O)(=O)CCCC(F)(F)F. The summed E-state index contributed by atoms with van der Waals surface area (Å²) in [5, 5.41) is 0. The molecule has 0 unspecified atom stereocenters. The van der Waals surface area contributed by atoms with Crippen LogP contribution in [0, 0.1) is 0 Å². The molecule has 104 valence electrons. The average molecular weight is 276 g/mol. The summed E-state index contributed by atoms with van der Waals surface area (Å²) >= 11 is 0. The Labute approximate surface area is 100 Å². The number of hydrogen-bond donors (Lipinski definition) is 1. The highest BCUT2D eigenvalue weighted by Gasteiger charge is 2.29. The monoisotopic (exact) mass is 276 g/mol. The summed E-state index contributed by atoms with van der Waals surface area (Å²) in [6.07, 6.45) is -5.81. The topological polar surface area (TPSA) is 63.4 Å². The fourth-order valence-electron chi connectivity index (χ4n) is 1.42. The molecule has 0 aliphatic carbocycles. The number of alkyl halides is 3. The van der Waals surface area contributed by atoms with Gasteiger partial charge in [-0.15, -0.1) is 0 Å². The van der Waals surface area contributed by atoms with Gasteiger partial charge in [0.25, 0.3) is 0 Å². The smallest absolute Gasteiger partial charge is 0.329 e. The summed E-state index contributed by atoms with van der Waals surface area (Å²) in [6.45, 7) is 3.61. The maximum Gasteiger partial charge on any atom is 0.389 e. The van der Waals surface area contributed by atoms with Crippen molar-refractivity contribution in [1.29, 1.82) is 0 Å². The van der Waals surface area contributed by atoms with Crippen LogP contribution in [-0.4, -0.2) is 43.8 Å². The van der Waals surface area contributed by atoms with E-state index >= 15 is 0 Å². The zero-order valence-corrected chi connectivity index (χ0v) is 10.8. The van der Waals surface area contributed by atoms with Gasteiger partial charge in [-0.25, -0.2) is 8.42 Å². The van der Waals surface area contributed by atoms with Crippen LogP contribution in [-0.2, 0) is 10.0 Å². The van der Waals surface area contributed by atoms with Crippen molar-refractivity contribution in [1.82, 2.24) is 4.31 Å². The molecule has 0 aromatic carbocycles. The third-order valence-electron chi connectivity index (χ3n) is 2.15. The van der Waals surface area contributed by atoms with Crippen molar-refractivity contribution in [2.24, 2.45) is 5.73 Å². The molecule has 0 bridgehead atoms. The Bertz CT molecular complexity index is 315. The van der Waals surface area contributed by atoms with E-state index in [0.717, 1.165) is 4.31 Å². The van der Waals surface area contributed by atoms with Gasteiger partial charge in [0, 0.05) is 25.6 Å². The van der Waals surface area contributed by atoms with E-state index in [0.29, 0.717) is 0 Å². The molecule has 17 heavy (non-hydrogen) atoms. The molecule has 0 rings (SSSR count). The molecule has 0 saturated carbocycles. The van der Waals surface area contributed by atoms with Gasteiger partial charge in [0.05, 0.1) is 5.75 Å². The number of hydrogen-bond acceptors (Lipinski definition) is 3. The van der Waals surface area contributed by atoms with Gasteiger partial charge >= 0.3 is 6.18 Å². The van der Waals surface area contributed by atoms with E-state index in [4.69, 9.17) is 5.73 Å². The molecule has 0 spiro atoms. The van der Waals surface area contributed by atoms with Gasteiger partial charge < -0.3 is 5.73 Å². The molecule has 0 atom stereocenters. The van der Waals surface area contributed by atoms with Crippen molar-refractivity contribution in [3.8, 4) is 0 Å². The normalized spacial score (nSPS) is 13.6. The van der Waals surface area contributed by atoms with Gasteiger partial charge in [0.15, 0.2) is 0 Å². The number of rotatable bonds is 7. The van der Waals surface area contributed by atoms with Gasteiger partial charge in [-0.1, -0.05) is 0 Å². The second-order valence-electron chi connectivity index (χ2n) is 4.03. The third-order valence-corrected chi connectivity index (χ3v) is 4.27. The molecule has 0 saturated heterocycles. The first-order chi connectivity index (χ1) is 7.60. The quantitative estimate of drug-likeness (QED) is 0.763. The predicted molar refractivity (Wildman–Crippen MR) is 60.0 cm³/mol. The fourth-order valence-corrected chi connectivity index (χ4v) is 3.19. The van der Waals surface area contributed by atoms with E-state index in [1.165, 1.54) is 0 Å². The minimum absolute atomic E-state index is 0.131. The average Bonchev–Trinajstić information content (AvgIpc) is 2.10. The van der Waals surface area contributed by atoms with E-state index in [9.17, 15) is 21.6 Å². The van der Waals surface area contributed by atoms with Crippen molar-refractivity contribution in [2.75, 3.05) is 18.8 Å². The van der Waals surface area contributed by atoms with Gasteiger partial charge in [0.2, 0.25) is 10.0 Å². The third kappa shape index (κ3) is 6.85. The molecule has 0 aliphatic rings. The molecule has 0 heterocycles. The van der Waals surface area contributed by atoms with Crippen LogP contribution < -0.4 is 5.73 Å². The van der Waals surface area contributed by atoms with Gasteiger partial charge in [-0.2, -0.15) is 17.5 Å². The number of sulfonamides is 1. The zero-order chi connectivity index (χ0) is 13.7. The fraction of sp³-hybridized carbons (Fsp3) is 1.00. The highest BCUT2D eigenvalue weighted by atomic mass is 32.2. The van der Waals surface area contributed by atoms with E-state index in [-0.39, 0.29) is 19.1 Å². The summed E-state index contributed by atoms with van der Waals surface area (Å²) in [5.74, 6) is -0.495. The molecule has 0 amide bonds. The van der Waals surface area contributed by atoms with E-state index in [1.807, 2.05) is 0 Å². The molecule has 0 fully saturated rings. The van der Waals surface area contributed by atoms with Crippen molar-refractivity contribution in [2.45, 2.75) is 38.9 Å². The maximum atomic E-state index is 11.9. The van der Waals surface area contributed by atoms with Gasteiger partial charge in [0.1, 0.15) is 0 Å². The molecule has 8 heteroatoms. The first-order valence-electron chi connectivity index (χ1n) is 5.36. The highest BCUT2D eigenvalue weighted by molar-refractivity contribution is 7.89. The second kappa shape index (κ2) is 6.55. The van der Waals surface area contributed by atoms with E-state index < -0.39 is 34.8 Å². The highest BCUT2D eigenvalue weighted by Crippen LogP contribution is 2.22. The Kier molecular flexibility index (Phi) is 6.42. The first-order valence-corrected chi connectivity index (χ1v) is 6.97. The first kappa shape index (κ1) is 16.7. The minimum atomic E-state index is -4.31. The number of halogens is 3. The lowest BCUT2D eigenvalue weighted by atomic mass is 10.3. The van der Waals surface area contributed by atoms with Crippen LogP contribution in [0.4, 0.5) is 13.2 Å². The second-order valence-corrected chi connectivity index (χ2v) is 6.07. The molecule has 0 aromatic rings. The van der Waals surface area contributed by atoms with Crippen molar-refractivity contribution >= 4 is 10.0 Å². The van der Waals surface area contributed by atoms with Crippen LogP contribution in [0.25, 0.3) is 0 Å². The van der Waals surface area contributed by atoms with Crippen LogP contribution in [0.3, 0.4) is 0 Å². The zero-order valence-electron chi connectivity index (χ0n) is 10.00. The minimum Gasteiger partial charge on any atom is -0.329 e. The van der Waals surface area contributed by atoms with Crippen LogP contribution in [0.1, 0.15) is 26.7 Å². The summed E-state index contributed by atoms with van der Waals surface area (Å²) < 4.78 is 60.4. The molecule has 2 N–H and O–H groups in total. The molecule has 0 aliphatic heterocycles. The van der Waals surface area contributed by atoms with E-state index in [2.05, 4.69) is 0 Å². The Morgan fingerprint density at radius 3 is 2.18 bits per heavy atom. The van der Waals surface area contributed by atoms with Crippen LogP contribution in [0.5, 0.6) is 0 Å². The van der Waals surface area contributed by atoms with Crippen LogP contribution in [0.2, 0.25) is 0 Å². The van der Waals surface area contributed by atoms with Gasteiger partial charge in [-0.3, -0.25) is 0 Å². The lowest BCUT2D eigenvalue weighted by Crippen LogP contribution is -2.41. The maximum absolute atomic E-state index is 11.9. The Morgan fingerprint density at radius 2 is 1.82 bits per heavy atom.